The SMILES string of the molecule is Bc1c(B)c(B)c2c(-c3c4ccccc4c(-c4ccc5c(c4)oc4ccccc45)c4ccccc34)c(B)c(B)c(B)c2c1B. The summed E-state index contributed by atoms with van der Waals surface area (Å²) in [4.78, 5) is 0. The van der Waals surface area contributed by atoms with Crippen molar-refractivity contribution in [3.05, 3.63) is 91.0 Å². The van der Waals surface area contributed by atoms with Gasteiger partial charge in [-0.15, -0.1) is 16.4 Å². The smallest absolute Gasteiger partial charge is 0.139 e. The molecule has 0 bridgehead atoms. The number of hydrogen-bond donors (Lipinski definition) is 0. The van der Waals surface area contributed by atoms with E-state index >= 15 is 0 Å². The fourth-order valence-electron chi connectivity index (χ4n) is 7.84. The van der Waals surface area contributed by atoms with E-state index in [2.05, 4.69) is 140 Å². The molecular weight excluding hydrogens is 524 g/mol. The van der Waals surface area contributed by atoms with E-state index < -0.39 is 0 Å². The van der Waals surface area contributed by atoms with Crippen LogP contribution in [0.1, 0.15) is 0 Å². The molecule has 0 spiro atoms. The first kappa shape index (κ1) is 27.1. The lowest BCUT2D eigenvalue weighted by molar-refractivity contribution is 0.669. The van der Waals surface area contributed by atoms with Crippen LogP contribution < -0.4 is 38.2 Å². The van der Waals surface area contributed by atoms with Crippen LogP contribution in [-0.2, 0) is 0 Å². The van der Waals surface area contributed by atoms with Gasteiger partial charge in [-0.2, -0.15) is 0 Å². The summed E-state index contributed by atoms with van der Waals surface area (Å²) >= 11 is 0. The quantitative estimate of drug-likeness (QED) is 0.182. The molecule has 0 saturated heterocycles. The number of para-hydroxylation sites is 1. The van der Waals surface area contributed by atoms with Crippen molar-refractivity contribution >= 4 is 147 Å². The lowest BCUT2D eigenvalue weighted by Gasteiger charge is -2.27. The third-order valence-electron chi connectivity index (χ3n) is 10.7. The van der Waals surface area contributed by atoms with E-state index in [1.807, 2.05) is 6.07 Å². The van der Waals surface area contributed by atoms with Gasteiger partial charge in [0.05, 0.1) is 0 Å². The van der Waals surface area contributed by atoms with Crippen LogP contribution in [0.4, 0.5) is 0 Å². The normalized spacial score (nSPS) is 11.8. The maximum atomic E-state index is 6.37. The van der Waals surface area contributed by atoms with Gasteiger partial charge in [-0.1, -0.05) is 94.6 Å². The minimum atomic E-state index is 0.925. The average molecular weight is 553 g/mol. The van der Waals surface area contributed by atoms with Gasteiger partial charge < -0.3 is 4.42 Å². The molecule has 1 heterocycles. The summed E-state index contributed by atoms with van der Waals surface area (Å²) in [7, 11) is 16.1. The first-order chi connectivity index (χ1) is 21.3. The van der Waals surface area contributed by atoms with Gasteiger partial charge in [-0.25, -0.2) is 0 Å². The highest BCUT2D eigenvalue weighted by atomic mass is 16.3. The van der Waals surface area contributed by atoms with E-state index in [4.69, 9.17) is 4.42 Å². The maximum absolute atomic E-state index is 6.37. The van der Waals surface area contributed by atoms with Gasteiger partial charge in [0, 0.05) is 10.8 Å². The zero-order valence-corrected chi connectivity index (χ0v) is 26.6. The van der Waals surface area contributed by atoms with Crippen LogP contribution in [-0.4, -0.2) is 54.9 Å². The third-order valence-corrected chi connectivity index (χ3v) is 10.7. The number of fused-ring (bicyclic) bond motifs is 6. The Morgan fingerprint density at radius 1 is 0.341 bits per heavy atom. The minimum absolute atomic E-state index is 0.925. The zero-order valence-electron chi connectivity index (χ0n) is 26.6. The Morgan fingerprint density at radius 2 is 0.795 bits per heavy atom. The minimum Gasteiger partial charge on any atom is -0.456 e. The predicted octanol–water partition coefficient (Wildman–Crippen LogP) is -1.81. The van der Waals surface area contributed by atoms with E-state index in [0.29, 0.717) is 0 Å². The Kier molecular flexibility index (Phi) is 6.04. The molecule has 0 amide bonds. The van der Waals surface area contributed by atoms with E-state index in [0.717, 1.165) is 21.9 Å². The van der Waals surface area contributed by atoms with Crippen molar-refractivity contribution in [1.29, 1.82) is 0 Å². The summed E-state index contributed by atoms with van der Waals surface area (Å²) in [6.45, 7) is 0. The van der Waals surface area contributed by atoms with Crippen LogP contribution >= 0.6 is 0 Å². The molecular formula is C36H29B7O. The van der Waals surface area contributed by atoms with E-state index in [-0.39, 0.29) is 0 Å². The molecule has 0 aliphatic carbocycles. The number of rotatable bonds is 2. The molecule has 8 heteroatoms. The van der Waals surface area contributed by atoms with E-state index in [1.165, 1.54) is 92.8 Å². The van der Waals surface area contributed by atoms with Crippen LogP contribution in [0, 0.1) is 0 Å². The fourth-order valence-corrected chi connectivity index (χ4v) is 7.84. The number of furan rings is 1. The van der Waals surface area contributed by atoms with E-state index in [9.17, 15) is 0 Å². The van der Waals surface area contributed by atoms with Gasteiger partial charge in [0.2, 0.25) is 0 Å². The van der Waals surface area contributed by atoms with E-state index in [1.54, 1.807) is 0 Å². The molecule has 200 valence electrons. The van der Waals surface area contributed by atoms with Gasteiger partial charge in [0.1, 0.15) is 66.1 Å². The van der Waals surface area contributed by atoms with Gasteiger partial charge >= 0.3 is 0 Å². The van der Waals surface area contributed by atoms with Crippen LogP contribution in [0.25, 0.3) is 76.5 Å². The van der Waals surface area contributed by atoms with Crippen molar-refractivity contribution in [3.63, 3.8) is 0 Å². The van der Waals surface area contributed by atoms with Crippen molar-refractivity contribution in [3.8, 4) is 22.3 Å². The second-order valence-corrected chi connectivity index (χ2v) is 12.7. The highest BCUT2D eigenvalue weighted by Gasteiger charge is 2.23. The Hall–Kier alpha value is -4.43. The largest absolute Gasteiger partial charge is 0.456 e. The van der Waals surface area contributed by atoms with Crippen LogP contribution in [0.2, 0.25) is 0 Å². The molecule has 44 heavy (non-hydrogen) atoms. The summed E-state index contributed by atoms with van der Waals surface area (Å²) in [5.74, 6) is 0. The molecule has 8 aromatic rings. The number of benzene rings is 7. The molecule has 1 aromatic heterocycles. The maximum Gasteiger partial charge on any atom is 0.139 e. The highest BCUT2D eigenvalue weighted by Crippen LogP contribution is 2.45. The first-order valence-electron chi connectivity index (χ1n) is 15.6. The molecule has 0 saturated carbocycles. The summed E-state index contributed by atoms with van der Waals surface area (Å²) < 4.78 is 6.37. The molecule has 0 radical (unpaired) electrons. The van der Waals surface area contributed by atoms with Gasteiger partial charge in [0.15, 0.2) is 0 Å². The fraction of sp³-hybridized carbons (Fsp3) is 0. The summed E-state index contributed by atoms with van der Waals surface area (Å²) in [5.41, 5.74) is 16.7. The lowest BCUT2D eigenvalue weighted by Crippen LogP contribution is -2.52. The predicted molar refractivity (Wildman–Crippen MR) is 214 cm³/mol. The Balaban J connectivity index is 1.56. The molecule has 0 unspecified atom stereocenters. The molecule has 0 fully saturated rings. The number of hydrogen-bond acceptors (Lipinski definition) is 1. The summed E-state index contributed by atoms with van der Waals surface area (Å²) in [6.07, 6.45) is 0. The zero-order chi connectivity index (χ0) is 30.4. The monoisotopic (exact) mass is 554 g/mol. The molecule has 8 rings (SSSR count). The van der Waals surface area contributed by atoms with Crippen molar-refractivity contribution in [2.75, 3.05) is 0 Å². The first-order valence-corrected chi connectivity index (χ1v) is 15.6. The van der Waals surface area contributed by atoms with Crippen molar-refractivity contribution < 1.29 is 4.42 Å². The van der Waals surface area contributed by atoms with Crippen molar-refractivity contribution in [2.24, 2.45) is 0 Å². The highest BCUT2D eigenvalue weighted by molar-refractivity contribution is 6.72. The van der Waals surface area contributed by atoms with Crippen LogP contribution in [0.3, 0.4) is 0 Å². The lowest BCUT2D eigenvalue weighted by atomic mass is 9.58. The van der Waals surface area contributed by atoms with Gasteiger partial charge in [-0.05, 0) is 72.8 Å². The van der Waals surface area contributed by atoms with Gasteiger partial charge in [-0.3, -0.25) is 0 Å². The molecule has 0 atom stereocenters. The Morgan fingerprint density at radius 3 is 1.39 bits per heavy atom. The standard InChI is InChI=1S/C36H29B7O/c37-30-27(28-29(32(39)34(30)41)33(40)36(43)35(42)31(28)38)26-21-10-3-1-8-19(21)25(20-9-2-4-11-22(20)26)16-13-14-18-17-7-5-6-12-23(17)44-24(18)15-16/h1-15H,37-43H2. The summed E-state index contributed by atoms with van der Waals surface area (Å²) in [6, 6.07) is 33.0. The molecule has 1 nitrogen and oxygen atoms in total. The third kappa shape index (κ3) is 3.64. The topological polar surface area (TPSA) is 13.1 Å². The second-order valence-electron chi connectivity index (χ2n) is 12.7. The molecule has 7 aromatic carbocycles. The van der Waals surface area contributed by atoms with Crippen LogP contribution in [0.5, 0.6) is 0 Å². The second kappa shape index (κ2) is 9.79. The van der Waals surface area contributed by atoms with Crippen molar-refractivity contribution in [1.82, 2.24) is 0 Å². The van der Waals surface area contributed by atoms with Crippen LogP contribution in [0.15, 0.2) is 95.4 Å². The Labute approximate surface area is 264 Å². The van der Waals surface area contributed by atoms with Crippen molar-refractivity contribution in [2.45, 2.75) is 0 Å². The molecule has 0 N–H and O–H groups in total. The summed E-state index contributed by atoms with van der Waals surface area (Å²) in [5, 5.41) is 10.2. The average Bonchev–Trinajstić information content (AvgIpc) is 3.42. The molecule has 0 aliphatic heterocycles. The van der Waals surface area contributed by atoms with Gasteiger partial charge in [0.25, 0.3) is 0 Å². The Bertz CT molecular complexity index is 2470. The molecule has 0 aliphatic rings.